The highest BCUT2D eigenvalue weighted by Crippen LogP contribution is 2.05. The third-order valence-corrected chi connectivity index (χ3v) is 1.72. The van der Waals surface area contributed by atoms with Crippen LogP contribution in [-0.4, -0.2) is 29.0 Å². The molecule has 1 rings (SSSR count). The summed E-state index contributed by atoms with van der Waals surface area (Å²) < 4.78 is 0. The maximum atomic E-state index is 5.58. The van der Waals surface area contributed by atoms with Crippen molar-refractivity contribution in [2.45, 2.75) is 6.92 Å². The lowest BCUT2D eigenvalue weighted by molar-refractivity contribution is 0.299. The van der Waals surface area contributed by atoms with Crippen LogP contribution in [0.1, 0.15) is 6.92 Å². The van der Waals surface area contributed by atoms with Gasteiger partial charge in [-0.1, -0.05) is 0 Å². The smallest absolute Gasteiger partial charge is 0.0941 e. The van der Waals surface area contributed by atoms with Crippen LogP contribution in [0.5, 0.6) is 0 Å². The highest BCUT2D eigenvalue weighted by Gasteiger charge is 2.07. The molecule has 0 saturated carbocycles. The first-order chi connectivity index (χ1) is 4.36. The van der Waals surface area contributed by atoms with Crippen molar-refractivity contribution in [2.75, 3.05) is 19.2 Å². The third-order valence-electron chi connectivity index (χ3n) is 1.41. The lowest BCUT2D eigenvalue weighted by Crippen LogP contribution is -2.23. The molecule has 0 aliphatic carbocycles. The zero-order valence-electron chi connectivity index (χ0n) is 5.55. The van der Waals surface area contributed by atoms with Crippen LogP contribution < -0.4 is 0 Å². The van der Waals surface area contributed by atoms with E-state index in [1.807, 2.05) is 11.1 Å². The molecular weight excluding hydrogens is 136 g/mol. The van der Waals surface area contributed by atoms with Gasteiger partial charge < -0.3 is 9.80 Å². The Morgan fingerprint density at radius 3 is 2.44 bits per heavy atom. The molecule has 0 spiro atoms. The summed E-state index contributed by atoms with van der Waals surface area (Å²) in [7, 11) is 0. The number of halogens is 1. The molecule has 0 saturated heterocycles. The highest BCUT2D eigenvalue weighted by atomic mass is 35.5. The number of rotatable bonds is 2. The summed E-state index contributed by atoms with van der Waals surface area (Å²) in [5, 5.41) is 0. The van der Waals surface area contributed by atoms with Crippen LogP contribution in [0.15, 0.2) is 12.4 Å². The fraction of sp³-hybridized carbons (Fsp3) is 0.667. The molecule has 0 atom stereocenters. The zero-order chi connectivity index (χ0) is 6.69. The zero-order valence-corrected chi connectivity index (χ0v) is 6.30. The summed E-state index contributed by atoms with van der Waals surface area (Å²) in [6.45, 7) is 4.13. The van der Waals surface area contributed by atoms with Crippen LogP contribution in [0.3, 0.4) is 0 Å². The molecule has 0 aromatic rings. The average Bonchev–Trinajstić information content (AvgIpc) is 2.34. The summed E-state index contributed by atoms with van der Waals surface area (Å²) in [5.41, 5.74) is 0. The molecule has 1 aliphatic heterocycles. The second-order valence-electron chi connectivity index (χ2n) is 2.05. The first-order valence-corrected chi connectivity index (χ1v) is 3.62. The van der Waals surface area contributed by atoms with Gasteiger partial charge in [0.1, 0.15) is 0 Å². The Bertz CT molecular complexity index is 102. The van der Waals surface area contributed by atoms with Crippen molar-refractivity contribution >= 4 is 11.6 Å². The van der Waals surface area contributed by atoms with Gasteiger partial charge in [-0.3, -0.25) is 0 Å². The largest absolute Gasteiger partial charge is 0.359 e. The van der Waals surface area contributed by atoms with Gasteiger partial charge in [0.05, 0.1) is 12.7 Å². The number of nitrogens with zero attached hydrogens (tertiary/aromatic N) is 2. The highest BCUT2D eigenvalue weighted by molar-refractivity contribution is 6.17. The van der Waals surface area contributed by atoms with Crippen molar-refractivity contribution in [3.05, 3.63) is 12.4 Å². The lowest BCUT2D eigenvalue weighted by Gasteiger charge is -2.16. The molecule has 0 unspecified atom stereocenters. The van der Waals surface area contributed by atoms with Gasteiger partial charge in [0.15, 0.2) is 0 Å². The molecule has 2 nitrogen and oxygen atoms in total. The Hall–Kier alpha value is -0.370. The van der Waals surface area contributed by atoms with Gasteiger partial charge in [-0.15, -0.1) is 11.6 Å². The van der Waals surface area contributed by atoms with Crippen LogP contribution in [0.25, 0.3) is 0 Å². The minimum atomic E-state index is 0.590. The summed E-state index contributed by atoms with van der Waals surface area (Å²) in [4.78, 5) is 4.24. The van der Waals surface area contributed by atoms with Crippen molar-refractivity contribution in [1.29, 1.82) is 0 Å². The normalized spacial score (nSPS) is 17.6. The van der Waals surface area contributed by atoms with Gasteiger partial charge >= 0.3 is 0 Å². The van der Waals surface area contributed by atoms with E-state index in [1.54, 1.807) is 0 Å². The molecule has 0 fully saturated rings. The fourth-order valence-electron chi connectivity index (χ4n) is 0.799. The molecule has 0 aromatic heterocycles. The van der Waals surface area contributed by atoms with E-state index in [-0.39, 0.29) is 0 Å². The van der Waals surface area contributed by atoms with Gasteiger partial charge in [0.2, 0.25) is 0 Å². The van der Waals surface area contributed by atoms with E-state index in [2.05, 4.69) is 18.0 Å². The molecule has 0 radical (unpaired) electrons. The number of hydrogen-bond acceptors (Lipinski definition) is 2. The van der Waals surface area contributed by atoms with E-state index in [0.29, 0.717) is 6.00 Å². The van der Waals surface area contributed by atoms with E-state index < -0.39 is 0 Å². The van der Waals surface area contributed by atoms with Crippen molar-refractivity contribution in [3.8, 4) is 0 Å². The molecule has 0 bridgehead atoms. The van der Waals surface area contributed by atoms with E-state index in [9.17, 15) is 0 Å². The van der Waals surface area contributed by atoms with Gasteiger partial charge in [0, 0.05) is 18.9 Å². The lowest BCUT2D eigenvalue weighted by atomic mass is 10.6. The van der Waals surface area contributed by atoms with Crippen molar-refractivity contribution in [1.82, 2.24) is 9.80 Å². The Labute approximate surface area is 60.7 Å². The Kier molecular flexibility index (Phi) is 2.22. The van der Waals surface area contributed by atoms with E-state index in [4.69, 9.17) is 11.6 Å². The van der Waals surface area contributed by atoms with Gasteiger partial charge in [-0.2, -0.15) is 0 Å². The second kappa shape index (κ2) is 2.97. The van der Waals surface area contributed by atoms with Gasteiger partial charge in [-0.25, -0.2) is 0 Å². The Morgan fingerprint density at radius 2 is 2.11 bits per heavy atom. The first-order valence-electron chi connectivity index (χ1n) is 3.09. The van der Waals surface area contributed by atoms with E-state index in [0.717, 1.165) is 13.2 Å². The van der Waals surface area contributed by atoms with Crippen LogP contribution in [0.2, 0.25) is 0 Å². The quantitative estimate of drug-likeness (QED) is 0.428. The minimum absolute atomic E-state index is 0.590. The second-order valence-corrected chi connectivity index (χ2v) is 2.29. The molecule has 3 heteroatoms. The van der Waals surface area contributed by atoms with Crippen molar-refractivity contribution < 1.29 is 0 Å². The molecular formula is C6H11ClN2. The molecule has 0 amide bonds. The first kappa shape index (κ1) is 6.75. The Morgan fingerprint density at radius 1 is 1.44 bits per heavy atom. The molecule has 1 aliphatic rings. The fourth-order valence-corrected chi connectivity index (χ4v) is 0.954. The molecule has 1 heterocycles. The summed E-state index contributed by atoms with van der Waals surface area (Å²) >= 11 is 5.58. The maximum absolute atomic E-state index is 5.58. The SMILES string of the molecule is CCN1C=CN(CCl)C1. The predicted molar refractivity (Wildman–Crippen MR) is 38.9 cm³/mol. The number of alkyl halides is 1. The van der Waals surface area contributed by atoms with Gasteiger partial charge in [0.25, 0.3) is 0 Å². The average molecular weight is 147 g/mol. The van der Waals surface area contributed by atoms with E-state index in [1.165, 1.54) is 0 Å². The van der Waals surface area contributed by atoms with Crippen LogP contribution >= 0.6 is 11.6 Å². The predicted octanol–water partition coefficient (Wildman–Crippen LogP) is 1.25. The molecule has 0 N–H and O–H groups in total. The summed E-state index contributed by atoms with van der Waals surface area (Å²) in [6.07, 6.45) is 4.07. The van der Waals surface area contributed by atoms with Gasteiger partial charge in [-0.05, 0) is 6.92 Å². The standard InChI is InChI=1S/C6H11ClN2/c1-2-8-3-4-9(5-7)6-8/h3-4H,2,5-6H2,1H3. The van der Waals surface area contributed by atoms with Crippen molar-refractivity contribution in [2.24, 2.45) is 0 Å². The van der Waals surface area contributed by atoms with Crippen LogP contribution in [0, 0.1) is 0 Å². The van der Waals surface area contributed by atoms with E-state index >= 15 is 0 Å². The maximum Gasteiger partial charge on any atom is 0.0941 e. The van der Waals surface area contributed by atoms with Crippen molar-refractivity contribution in [3.63, 3.8) is 0 Å². The summed E-state index contributed by atoms with van der Waals surface area (Å²) in [6, 6.07) is 0.590. The Balaban J connectivity index is 2.31. The summed E-state index contributed by atoms with van der Waals surface area (Å²) in [5.74, 6) is 0. The molecule has 9 heavy (non-hydrogen) atoms. The topological polar surface area (TPSA) is 6.48 Å². The molecule has 52 valence electrons. The molecule has 0 aromatic carbocycles. The third kappa shape index (κ3) is 1.52. The monoisotopic (exact) mass is 146 g/mol. The van der Waals surface area contributed by atoms with Crippen LogP contribution in [0.4, 0.5) is 0 Å². The number of hydrogen-bond donors (Lipinski definition) is 0. The van der Waals surface area contributed by atoms with Crippen LogP contribution in [-0.2, 0) is 0 Å². The minimum Gasteiger partial charge on any atom is -0.359 e.